The summed E-state index contributed by atoms with van der Waals surface area (Å²) in [4.78, 5) is 36.2. The molecule has 130 valence electrons. The van der Waals surface area contributed by atoms with Gasteiger partial charge in [0.1, 0.15) is 11.9 Å². The molecule has 2 aliphatic rings. The number of carbonyl (C=O) groups is 3. The van der Waals surface area contributed by atoms with E-state index < -0.39 is 41.0 Å². The van der Waals surface area contributed by atoms with Gasteiger partial charge in [-0.2, -0.15) is 0 Å². The van der Waals surface area contributed by atoms with E-state index >= 15 is 0 Å². The van der Waals surface area contributed by atoms with Gasteiger partial charge in [-0.25, -0.2) is 4.79 Å². The van der Waals surface area contributed by atoms with Crippen molar-refractivity contribution >= 4 is 17.8 Å². The molecule has 0 aromatic carbocycles. The quantitative estimate of drug-likeness (QED) is 0.672. The highest BCUT2D eigenvalue weighted by molar-refractivity contribution is 5.96. The van der Waals surface area contributed by atoms with E-state index in [1.807, 2.05) is 0 Å². The van der Waals surface area contributed by atoms with E-state index in [9.17, 15) is 24.6 Å². The maximum atomic E-state index is 12.8. The molecule has 1 saturated heterocycles. The topological polar surface area (TPSA) is 126 Å². The second-order valence-corrected chi connectivity index (χ2v) is 6.81. The van der Waals surface area contributed by atoms with Crippen molar-refractivity contribution in [2.24, 2.45) is 11.3 Å². The highest BCUT2D eigenvalue weighted by atomic mass is 16.6. The Kier molecular flexibility index (Phi) is 3.67. The van der Waals surface area contributed by atoms with Gasteiger partial charge in [0.05, 0.1) is 12.2 Å². The summed E-state index contributed by atoms with van der Waals surface area (Å²) in [6, 6.07) is 1.30. The van der Waals surface area contributed by atoms with Crippen molar-refractivity contribution < 1.29 is 33.8 Å². The Balaban J connectivity index is 1.85. The van der Waals surface area contributed by atoms with Crippen LogP contribution >= 0.6 is 0 Å². The molecule has 1 saturated carbocycles. The van der Waals surface area contributed by atoms with Crippen LogP contribution in [0.3, 0.4) is 0 Å². The van der Waals surface area contributed by atoms with E-state index in [0.29, 0.717) is 12.8 Å². The third-order valence-electron chi connectivity index (χ3n) is 5.33. The molecule has 2 bridgehead atoms. The third-order valence-corrected chi connectivity index (χ3v) is 5.33. The number of esters is 1. The fraction of sp³-hybridized carbons (Fsp3) is 0.562. The molecule has 3 rings (SSSR count). The van der Waals surface area contributed by atoms with Crippen LogP contribution in [0.25, 0.3) is 0 Å². The zero-order chi connectivity index (χ0) is 17.7. The predicted octanol–water partition coefficient (Wildman–Crippen LogP) is 0.614. The summed E-state index contributed by atoms with van der Waals surface area (Å²) in [6.07, 6.45) is 0.570. The lowest BCUT2D eigenvalue weighted by atomic mass is 9.74. The fourth-order valence-electron chi connectivity index (χ4n) is 3.76. The summed E-state index contributed by atoms with van der Waals surface area (Å²) in [5, 5.41) is 21.9. The Morgan fingerprint density at radius 3 is 2.58 bits per heavy atom. The number of ether oxygens (including phenoxy) is 1. The first-order valence-electron chi connectivity index (χ1n) is 7.69. The first kappa shape index (κ1) is 16.5. The normalized spacial score (nSPS) is 29.8. The summed E-state index contributed by atoms with van der Waals surface area (Å²) in [6.45, 7) is 3.52. The van der Waals surface area contributed by atoms with Gasteiger partial charge in [0, 0.05) is 5.41 Å². The summed E-state index contributed by atoms with van der Waals surface area (Å²) < 4.78 is 10.3. The molecule has 0 spiro atoms. The Hall–Kier alpha value is -2.35. The first-order valence-corrected chi connectivity index (χ1v) is 7.69. The van der Waals surface area contributed by atoms with Crippen LogP contribution in [0.1, 0.15) is 38.6 Å². The van der Waals surface area contributed by atoms with Gasteiger partial charge < -0.3 is 24.7 Å². The number of carbonyl (C=O) groups excluding carboxylic acids is 2. The first-order chi connectivity index (χ1) is 11.2. The van der Waals surface area contributed by atoms with Crippen molar-refractivity contribution in [1.82, 2.24) is 5.32 Å². The molecule has 0 unspecified atom stereocenters. The average molecular weight is 337 g/mol. The lowest BCUT2D eigenvalue weighted by Crippen LogP contribution is -2.57. The van der Waals surface area contributed by atoms with Gasteiger partial charge in [-0.15, -0.1) is 0 Å². The molecule has 1 aliphatic heterocycles. The molecule has 1 aliphatic carbocycles. The molecule has 4 atom stereocenters. The molecule has 24 heavy (non-hydrogen) atoms. The smallest absolute Gasteiger partial charge is 0.329 e. The van der Waals surface area contributed by atoms with Crippen molar-refractivity contribution in [3.63, 3.8) is 0 Å². The van der Waals surface area contributed by atoms with E-state index in [4.69, 9.17) is 9.15 Å². The maximum absolute atomic E-state index is 12.8. The van der Waals surface area contributed by atoms with Crippen molar-refractivity contribution in [1.29, 1.82) is 0 Å². The molecule has 2 heterocycles. The molecule has 3 N–H and O–H groups in total. The molecule has 8 heteroatoms. The second kappa shape index (κ2) is 5.34. The number of hydrogen-bond acceptors (Lipinski definition) is 6. The van der Waals surface area contributed by atoms with Gasteiger partial charge in [-0.05, 0) is 25.0 Å². The molecular formula is C16H19NO7. The van der Waals surface area contributed by atoms with Gasteiger partial charge in [-0.1, -0.05) is 13.8 Å². The molecule has 8 nitrogen and oxygen atoms in total. The molecule has 2 fully saturated rings. The van der Waals surface area contributed by atoms with Crippen LogP contribution in [0.2, 0.25) is 0 Å². The molecule has 1 amide bonds. The minimum absolute atomic E-state index is 0.0205. The minimum Gasteiger partial charge on any atom is -0.480 e. The second-order valence-electron chi connectivity index (χ2n) is 6.81. The van der Waals surface area contributed by atoms with Crippen LogP contribution in [0.15, 0.2) is 22.8 Å². The Morgan fingerprint density at radius 1 is 1.42 bits per heavy atom. The third kappa shape index (κ3) is 2.13. The summed E-state index contributed by atoms with van der Waals surface area (Å²) >= 11 is 0. The van der Waals surface area contributed by atoms with Gasteiger partial charge in [-0.3, -0.25) is 9.59 Å². The van der Waals surface area contributed by atoms with E-state index in [1.165, 1.54) is 18.4 Å². The monoisotopic (exact) mass is 337 g/mol. The zero-order valence-corrected chi connectivity index (χ0v) is 13.3. The summed E-state index contributed by atoms with van der Waals surface area (Å²) in [5.41, 5.74) is -2.15. The standard InChI is InChI=1S/C16H19NO7/c1-15(2)8-5-6-16(15,24-13(8)21)14(22)17-10(12(19)20)11(18)9-4-3-7-23-9/h3-4,7-8,10-11,18H,5-6H2,1-2H3,(H,17,22)(H,19,20)/t8-,10-,11+,16+/m0/s1. The van der Waals surface area contributed by atoms with Crippen LogP contribution in [0.5, 0.6) is 0 Å². The number of carboxylic acids is 1. The number of amides is 1. The predicted molar refractivity (Wildman–Crippen MR) is 78.6 cm³/mol. The maximum Gasteiger partial charge on any atom is 0.329 e. The summed E-state index contributed by atoms with van der Waals surface area (Å²) in [7, 11) is 0. The highest BCUT2D eigenvalue weighted by Gasteiger charge is 2.70. The Bertz CT molecular complexity index is 681. The number of fused-ring (bicyclic) bond motifs is 2. The number of furan rings is 1. The number of aliphatic hydroxyl groups excluding tert-OH is 1. The number of nitrogens with one attached hydrogen (secondary N) is 1. The minimum atomic E-state index is -1.62. The number of hydrogen-bond donors (Lipinski definition) is 3. The lowest BCUT2D eigenvalue weighted by Gasteiger charge is -2.35. The van der Waals surface area contributed by atoms with Gasteiger partial charge >= 0.3 is 11.9 Å². The molecule has 1 aromatic heterocycles. The van der Waals surface area contributed by atoms with Crippen molar-refractivity contribution in [3.8, 4) is 0 Å². The zero-order valence-electron chi connectivity index (χ0n) is 13.3. The number of aliphatic carboxylic acids is 1. The summed E-state index contributed by atoms with van der Waals surface area (Å²) in [5.74, 6) is -2.94. The van der Waals surface area contributed by atoms with Gasteiger partial charge in [0.2, 0.25) is 0 Å². The van der Waals surface area contributed by atoms with Gasteiger partial charge in [0.25, 0.3) is 5.91 Å². The largest absolute Gasteiger partial charge is 0.480 e. The Morgan fingerprint density at radius 2 is 2.12 bits per heavy atom. The Labute approximate surface area is 137 Å². The van der Waals surface area contributed by atoms with Crippen LogP contribution in [-0.2, 0) is 19.1 Å². The van der Waals surface area contributed by atoms with Crippen LogP contribution in [-0.4, -0.2) is 39.7 Å². The number of rotatable bonds is 5. The van der Waals surface area contributed by atoms with E-state index in [0.717, 1.165) is 0 Å². The highest BCUT2D eigenvalue weighted by Crippen LogP contribution is 2.58. The van der Waals surface area contributed by atoms with Crippen LogP contribution in [0, 0.1) is 11.3 Å². The van der Waals surface area contributed by atoms with Crippen LogP contribution < -0.4 is 5.32 Å². The SMILES string of the molecule is CC1(C)[C@H]2CC[C@]1(C(=O)N[C@H](C(=O)O)[C@H](O)c1ccco1)OC2=O. The van der Waals surface area contributed by atoms with Crippen molar-refractivity contribution in [3.05, 3.63) is 24.2 Å². The van der Waals surface area contributed by atoms with Gasteiger partial charge in [0.15, 0.2) is 11.6 Å². The van der Waals surface area contributed by atoms with Crippen LogP contribution in [0.4, 0.5) is 0 Å². The average Bonchev–Trinajstić information content (AvgIpc) is 3.16. The van der Waals surface area contributed by atoms with E-state index in [1.54, 1.807) is 13.8 Å². The van der Waals surface area contributed by atoms with E-state index in [2.05, 4.69) is 5.32 Å². The lowest BCUT2D eigenvalue weighted by molar-refractivity contribution is -0.168. The molecule has 0 radical (unpaired) electrons. The van der Waals surface area contributed by atoms with Crippen molar-refractivity contribution in [2.45, 2.75) is 44.4 Å². The number of aliphatic hydroxyl groups is 1. The molecule has 1 aromatic rings. The van der Waals surface area contributed by atoms with E-state index in [-0.39, 0.29) is 11.7 Å². The number of carboxylic acid groups (broad SMARTS) is 1. The molecular weight excluding hydrogens is 318 g/mol. The fourth-order valence-corrected chi connectivity index (χ4v) is 3.76. The van der Waals surface area contributed by atoms with Crippen molar-refractivity contribution in [2.75, 3.05) is 0 Å².